The predicted molar refractivity (Wildman–Crippen MR) is 103 cm³/mol. The second kappa shape index (κ2) is 7.18. The normalized spacial score (nSPS) is 10.4. The van der Waals surface area contributed by atoms with Crippen LogP contribution in [0.25, 0.3) is 0 Å². The number of halogens is 1. The molecule has 0 atom stereocenters. The van der Waals surface area contributed by atoms with Crippen molar-refractivity contribution in [3.8, 4) is 0 Å². The average Bonchev–Trinajstić information content (AvgIpc) is 3.22. The Kier molecular flexibility index (Phi) is 5.00. The number of nitrogens with one attached hydrogen (secondary N) is 2. The van der Waals surface area contributed by atoms with Gasteiger partial charge in [0.15, 0.2) is 5.76 Å². The summed E-state index contributed by atoms with van der Waals surface area (Å²) in [5.74, 6) is -0.330. The molecule has 0 saturated carbocycles. The summed E-state index contributed by atoms with van der Waals surface area (Å²) < 4.78 is 6.12. The second-order valence-corrected chi connectivity index (χ2v) is 7.26. The van der Waals surface area contributed by atoms with Gasteiger partial charge in [-0.15, -0.1) is 11.3 Å². The number of rotatable bonds is 4. The fraction of sp³-hybridized carbons (Fsp3) is 0.0588. The van der Waals surface area contributed by atoms with Crippen molar-refractivity contribution < 1.29 is 14.0 Å². The molecule has 2 N–H and O–H groups in total. The summed E-state index contributed by atoms with van der Waals surface area (Å²) in [5.41, 5.74) is 1.90. The number of hydrogen-bond acceptors (Lipinski definition) is 4. The third-order valence-corrected chi connectivity index (χ3v) is 5.40. The molecule has 24 heavy (non-hydrogen) atoms. The second-order valence-electron chi connectivity index (χ2n) is 5.01. The first-order valence-corrected chi connectivity index (χ1v) is 8.94. The smallest absolute Gasteiger partial charge is 0.291 e. The minimum absolute atomic E-state index is 0.210. The van der Waals surface area contributed by atoms with E-state index in [1.807, 2.05) is 25.1 Å². The summed E-state index contributed by atoms with van der Waals surface area (Å²) in [7, 11) is 0. The minimum atomic E-state index is -0.345. The standard InChI is InChI=1S/C17H13IN2O3S/c1-10-4-5-11(9-12(10)18)19-17(22)14-6-7-15(24-14)20-16(21)13-3-2-8-23-13/h2-9H,1H3,(H,19,22)(H,20,21). The molecule has 5 nitrogen and oxygen atoms in total. The van der Waals surface area contributed by atoms with Gasteiger partial charge in [-0.2, -0.15) is 0 Å². The summed E-state index contributed by atoms with van der Waals surface area (Å²) >= 11 is 3.43. The minimum Gasteiger partial charge on any atom is -0.459 e. The number of carbonyl (C=O) groups is 2. The first-order valence-electron chi connectivity index (χ1n) is 7.05. The van der Waals surface area contributed by atoms with E-state index in [1.165, 1.54) is 17.6 Å². The van der Waals surface area contributed by atoms with E-state index in [0.717, 1.165) is 14.8 Å². The van der Waals surface area contributed by atoms with Crippen LogP contribution in [0.15, 0.2) is 53.1 Å². The molecule has 122 valence electrons. The Morgan fingerprint density at radius 2 is 1.92 bits per heavy atom. The van der Waals surface area contributed by atoms with E-state index in [0.29, 0.717) is 9.88 Å². The maximum atomic E-state index is 12.3. The van der Waals surface area contributed by atoms with Crippen LogP contribution in [0.5, 0.6) is 0 Å². The Labute approximate surface area is 156 Å². The van der Waals surface area contributed by atoms with Gasteiger partial charge >= 0.3 is 0 Å². The van der Waals surface area contributed by atoms with Crippen LogP contribution >= 0.6 is 33.9 Å². The molecule has 0 aliphatic carbocycles. The van der Waals surface area contributed by atoms with Crippen molar-refractivity contribution in [3.63, 3.8) is 0 Å². The largest absolute Gasteiger partial charge is 0.459 e. The van der Waals surface area contributed by atoms with Crippen LogP contribution in [-0.4, -0.2) is 11.8 Å². The van der Waals surface area contributed by atoms with E-state index in [4.69, 9.17) is 4.42 Å². The highest BCUT2D eigenvalue weighted by Crippen LogP contribution is 2.24. The number of carbonyl (C=O) groups excluding carboxylic acids is 2. The van der Waals surface area contributed by atoms with Crippen molar-refractivity contribution >= 4 is 56.4 Å². The average molecular weight is 452 g/mol. The molecular weight excluding hydrogens is 439 g/mol. The molecule has 1 aromatic carbocycles. The molecule has 0 radical (unpaired) electrons. The van der Waals surface area contributed by atoms with Gasteiger partial charge in [0.2, 0.25) is 0 Å². The summed E-state index contributed by atoms with van der Waals surface area (Å²) in [4.78, 5) is 24.7. The highest BCUT2D eigenvalue weighted by Gasteiger charge is 2.13. The Hall–Kier alpha value is -2.13. The Balaban J connectivity index is 1.67. The van der Waals surface area contributed by atoms with Crippen LogP contribution in [0.4, 0.5) is 10.7 Å². The van der Waals surface area contributed by atoms with Gasteiger partial charge in [-0.05, 0) is 71.5 Å². The zero-order chi connectivity index (χ0) is 17.1. The molecule has 0 saturated heterocycles. The zero-order valence-corrected chi connectivity index (χ0v) is 15.6. The van der Waals surface area contributed by atoms with Crippen molar-refractivity contribution in [2.24, 2.45) is 0 Å². The summed E-state index contributed by atoms with van der Waals surface area (Å²) in [6.45, 7) is 2.01. The summed E-state index contributed by atoms with van der Waals surface area (Å²) in [5, 5.41) is 6.14. The first kappa shape index (κ1) is 16.7. The molecule has 3 rings (SSSR count). The lowest BCUT2D eigenvalue weighted by atomic mass is 10.2. The quantitative estimate of drug-likeness (QED) is 0.561. The number of amides is 2. The van der Waals surface area contributed by atoms with Crippen molar-refractivity contribution in [2.75, 3.05) is 10.6 Å². The van der Waals surface area contributed by atoms with E-state index in [2.05, 4.69) is 33.2 Å². The summed E-state index contributed by atoms with van der Waals surface area (Å²) in [6, 6.07) is 12.3. The van der Waals surface area contributed by atoms with Crippen molar-refractivity contribution in [1.82, 2.24) is 0 Å². The number of benzene rings is 1. The highest BCUT2D eigenvalue weighted by molar-refractivity contribution is 14.1. The predicted octanol–water partition coefficient (Wildman–Crippen LogP) is 4.76. The molecule has 0 aliphatic rings. The van der Waals surface area contributed by atoms with Gasteiger partial charge in [-0.1, -0.05) is 6.07 Å². The van der Waals surface area contributed by atoms with Crippen molar-refractivity contribution in [3.05, 3.63) is 68.5 Å². The number of furan rings is 1. The number of thiophene rings is 1. The third kappa shape index (κ3) is 3.85. The van der Waals surface area contributed by atoms with E-state index < -0.39 is 0 Å². The zero-order valence-electron chi connectivity index (χ0n) is 12.6. The Morgan fingerprint density at radius 1 is 1.08 bits per heavy atom. The lowest BCUT2D eigenvalue weighted by molar-refractivity contribution is 0.0995. The molecular formula is C17H13IN2O3S. The van der Waals surface area contributed by atoms with E-state index >= 15 is 0 Å². The van der Waals surface area contributed by atoms with Crippen LogP contribution in [-0.2, 0) is 0 Å². The maximum absolute atomic E-state index is 12.3. The molecule has 3 aromatic rings. The van der Waals surface area contributed by atoms with Crippen LogP contribution in [0.1, 0.15) is 25.8 Å². The van der Waals surface area contributed by atoms with E-state index in [1.54, 1.807) is 24.3 Å². The molecule has 2 amide bonds. The summed E-state index contributed by atoms with van der Waals surface area (Å²) in [6.07, 6.45) is 1.44. The molecule has 2 heterocycles. The fourth-order valence-corrected chi connectivity index (χ4v) is 3.28. The van der Waals surface area contributed by atoms with Crippen LogP contribution in [0.2, 0.25) is 0 Å². The van der Waals surface area contributed by atoms with Gasteiger partial charge in [0.05, 0.1) is 16.1 Å². The molecule has 0 spiro atoms. The van der Waals surface area contributed by atoms with Gasteiger partial charge in [0, 0.05) is 9.26 Å². The Morgan fingerprint density at radius 3 is 2.62 bits per heavy atom. The van der Waals surface area contributed by atoms with E-state index in [9.17, 15) is 9.59 Å². The lowest BCUT2D eigenvalue weighted by Crippen LogP contribution is -2.10. The molecule has 0 fully saturated rings. The van der Waals surface area contributed by atoms with Gasteiger partial charge in [-0.25, -0.2) is 0 Å². The van der Waals surface area contributed by atoms with Crippen LogP contribution in [0, 0.1) is 10.5 Å². The van der Waals surface area contributed by atoms with Crippen LogP contribution in [0.3, 0.4) is 0 Å². The molecule has 0 unspecified atom stereocenters. The fourth-order valence-electron chi connectivity index (χ4n) is 1.97. The number of hydrogen-bond donors (Lipinski definition) is 2. The van der Waals surface area contributed by atoms with Crippen molar-refractivity contribution in [1.29, 1.82) is 0 Å². The third-order valence-electron chi connectivity index (χ3n) is 3.24. The van der Waals surface area contributed by atoms with Crippen molar-refractivity contribution in [2.45, 2.75) is 6.92 Å². The monoisotopic (exact) mass is 452 g/mol. The van der Waals surface area contributed by atoms with Gasteiger partial charge in [0.1, 0.15) is 0 Å². The van der Waals surface area contributed by atoms with Gasteiger partial charge in [-0.3, -0.25) is 9.59 Å². The van der Waals surface area contributed by atoms with Gasteiger partial charge in [0.25, 0.3) is 11.8 Å². The molecule has 7 heteroatoms. The SMILES string of the molecule is Cc1ccc(NC(=O)c2ccc(NC(=O)c3ccco3)s2)cc1I. The maximum Gasteiger partial charge on any atom is 0.291 e. The van der Waals surface area contributed by atoms with E-state index in [-0.39, 0.29) is 17.6 Å². The Bertz CT molecular complexity index is 887. The number of aryl methyl sites for hydroxylation is 1. The lowest BCUT2D eigenvalue weighted by Gasteiger charge is -2.05. The molecule has 0 bridgehead atoms. The number of anilines is 2. The van der Waals surface area contributed by atoms with Crippen LogP contribution < -0.4 is 10.6 Å². The first-order chi connectivity index (χ1) is 11.5. The molecule has 2 aromatic heterocycles. The highest BCUT2D eigenvalue weighted by atomic mass is 127. The topological polar surface area (TPSA) is 71.3 Å². The van der Waals surface area contributed by atoms with Gasteiger partial charge < -0.3 is 15.1 Å². The molecule has 0 aliphatic heterocycles.